The van der Waals surface area contributed by atoms with Crippen molar-refractivity contribution in [3.05, 3.63) is 58.9 Å². The minimum atomic E-state index is -0.180. The molecule has 15 heavy (non-hydrogen) atoms. The van der Waals surface area contributed by atoms with Crippen molar-refractivity contribution in [3.8, 4) is 11.1 Å². The molecule has 0 unspecified atom stereocenters. The third-order valence-corrected chi connectivity index (χ3v) is 2.55. The van der Waals surface area contributed by atoms with E-state index in [1.54, 1.807) is 13.0 Å². The molecule has 0 amide bonds. The average molecular weight is 221 g/mol. The molecule has 0 aliphatic rings. The van der Waals surface area contributed by atoms with Gasteiger partial charge in [-0.2, -0.15) is 0 Å². The summed E-state index contributed by atoms with van der Waals surface area (Å²) >= 11 is 5.89. The number of aryl methyl sites for hydroxylation is 1. The van der Waals surface area contributed by atoms with Gasteiger partial charge >= 0.3 is 0 Å². The highest BCUT2D eigenvalue weighted by molar-refractivity contribution is 6.30. The summed E-state index contributed by atoms with van der Waals surface area (Å²) in [6.07, 6.45) is 0. The molecule has 0 N–H and O–H groups in total. The summed E-state index contributed by atoms with van der Waals surface area (Å²) < 4.78 is 13.1. The Morgan fingerprint density at radius 3 is 2.40 bits per heavy atom. The van der Waals surface area contributed by atoms with E-state index < -0.39 is 0 Å². The third kappa shape index (κ3) is 2.18. The maximum atomic E-state index is 13.1. The quantitative estimate of drug-likeness (QED) is 0.666. The molecular formula is C13H10ClF. The monoisotopic (exact) mass is 220 g/mol. The van der Waals surface area contributed by atoms with Crippen molar-refractivity contribution in [3.63, 3.8) is 0 Å². The van der Waals surface area contributed by atoms with Gasteiger partial charge in [-0.05, 0) is 47.9 Å². The minimum Gasteiger partial charge on any atom is -0.207 e. The van der Waals surface area contributed by atoms with Gasteiger partial charge in [-0.15, -0.1) is 0 Å². The Kier molecular flexibility index (Phi) is 2.74. The van der Waals surface area contributed by atoms with Gasteiger partial charge in [0.1, 0.15) is 5.82 Å². The zero-order valence-electron chi connectivity index (χ0n) is 8.30. The molecule has 0 heterocycles. The molecule has 0 radical (unpaired) electrons. The van der Waals surface area contributed by atoms with E-state index in [0.29, 0.717) is 10.6 Å². The van der Waals surface area contributed by atoms with Crippen LogP contribution in [0.25, 0.3) is 11.1 Å². The number of hydrogen-bond donors (Lipinski definition) is 0. The Morgan fingerprint density at radius 1 is 1.00 bits per heavy atom. The Hall–Kier alpha value is -1.34. The second-order valence-electron chi connectivity index (χ2n) is 3.47. The van der Waals surface area contributed by atoms with Gasteiger partial charge < -0.3 is 0 Å². The summed E-state index contributed by atoms with van der Waals surface area (Å²) in [5.41, 5.74) is 2.63. The lowest BCUT2D eigenvalue weighted by molar-refractivity contribution is 0.619. The van der Waals surface area contributed by atoms with Crippen LogP contribution in [0.5, 0.6) is 0 Å². The maximum absolute atomic E-state index is 13.1. The molecule has 0 fully saturated rings. The predicted molar refractivity (Wildman–Crippen MR) is 61.6 cm³/mol. The molecule has 0 spiro atoms. The van der Waals surface area contributed by atoms with E-state index in [-0.39, 0.29) is 5.82 Å². The van der Waals surface area contributed by atoms with Crippen molar-refractivity contribution in [2.75, 3.05) is 0 Å². The first-order valence-electron chi connectivity index (χ1n) is 4.69. The highest BCUT2D eigenvalue weighted by atomic mass is 35.5. The molecule has 0 saturated carbocycles. The van der Waals surface area contributed by atoms with Crippen molar-refractivity contribution in [2.24, 2.45) is 0 Å². The average Bonchev–Trinajstić information content (AvgIpc) is 2.22. The van der Waals surface area contributed by atoms with Crippen LogP contribution >= 0.6 is 11.6 Å². The van der Waals surface area contributed by atoms with E-state index in [1.165, 1.54) is 6.07 Å². The minimum absolute atomic E-state index is 0.180. The maximum Gasteiger partial charge on any atom is 0.126 e. The van der Waals surface area contributed by atoms with Gasteiger partial charge in [0.2, 0.25) is 0 Å². The van der Waals surface area contributed by atoms with E-state index in [9.17, 15) is 4.39 Å². The third-order valence-electron chi connectivity index (χ3n) is 2.32. The molecule has 2 rings (SSSR count). The molecule has 0 aliphatic carbocycles. The summed E-state index contributed by atoms with van der Waals surface area (Å²) in [4.78, 5) is 0. The van der Waals surface area contributed by atoms with Crippen LogP contribution in [-0.4, -0.2) is 0 Å². The van der Waals surface area contributed by atoms with Gasteiger partial charge in [-0.1, -0.05) is 29.8 Å². The first kappa shape index (κ1) is 10.2. The van der Waals surface area contributed by atoms with Crippen LogP contribution in [0.4, 0.5) is 4.39 Å². The smallest absolute Gasteiger partial charge is 0.126 e. The summed E-state index contributed by atoms with van der Waals surface area (Å²) in [6, 6.07) is 12.6. The highest BCUT2D eigenvalue weighted by Crippen LogP contribution is 2.24. The zero-order chi connectivity index (χ0) is 10.8. The second-order valence-corrected chi connectivity index (χ2v) is 3.91. The van der Waals surface area contributed by atoms with Crippen LogP contribution in [-0.2, 0) is 0 Å². The Labute approximate surface area is 93.3 Å². The van der Waals surface area contributed by atoms with E-state index >= 15 is 0 Å². The Bertz CT molecular complexity index is 492. The Balaban J connectivity index is 2.50. The van der Waals surface area contributed by atoms with Gasteiger partial charge in [-0.3, -0.25) is 0 Å². The molecule has 0 aromatic heterocycles. The number of rotatable bonds is 1. The van der Waals surface area contributed by atoms with Crippen LogP contribution in [0.15, 0.2) is 42.5 Å². The molecule has 0 aliphatic heterocycles. The van der Waals surface area contributed by atoms with Crippen molar-refractivity contribution < 1.29 is 4.39 Å². The van der Waals surface area contributed by atoms with Crippen molar-refractivity contribution in [1.29, 1.82) is 0 Å². The molecule has 0 bridgehead atoms. The summed E-state index contributed by atoms with van der Waals surface area (Å²) in [7, 11) is 0. The van der Waals surface area contributed by atoms with Crippen LogP contribution in [0.2, 0.25) is 5.02 Å². The van der Waals surface area contributed by atoms with Crippen molar-refractivity contribution in [1.82, 2.24) is 0 Å². The van der Waals surface area contributed by atoms with Crippen LogP contribution in [0.1, 0.15) is 5.56 Å². The highest BCUT2D eigenvalue weighted by Gasteiger charge is 2.01. The van der Waals surface area contributed by atoms with Crippen LogP contribution in [0, 0.1) is 12.7 Å². The largest absolute Gasteiger partial charge is 0.207 e. The van der Waals surface area contributed by atoms with Gasteiger partial charge in [0, 0.05) is 5.02 Å². The summed E-state index contributed by atoms with van der Waals surface area (Å²) in [5.74, 6) is -0.180. The summed E-state index contributed by atoms with van der Waals surface area (Å²) in [6.45, 7) is 1.75. The molecular weight excluding hydrogens is 211 g/mol. The fourth-order valence-electron chi connectivity index (χ4n) is 1.49. The first-order valence-corrected chi connectivity index (χ1v) is 5.07. The van der Waals surface area contributed by atoms with E-state index in [0.717, 1.165) is 11.1 Å². The predicted octanol–water partition coefficient (Wildman–Crippen LogP) is 4.45. The van der Waals surface area contributed by atoms with Gasteiger partial charge in [-0.25, -0.2) is 4.39 Å². The van der Waals surface area contributed by atoms with E-state index in [2.05, 4.69) is 0 Å². The van der Waals surface area contributed by atoms with Crippen molar-refractivity contribution in [2.45, 2.75) is 6.92 Å². The van der Waals surface area contributed by atoms with Gasteiger partial charge in [0.15, 0.2) is 0 Å². The molecule has 2 heteroatoms. The topological polar surface area (TPSA) is 0 Å². The van der Waals surface area contributed by atoms with E-state index in [1.807, 2.05) is 30.3 Å². The van der Waals surface area contributed by atoms with Gasteiger partial charge in [0.05, 0.1) is 0 Å². The molecule has 0 atom stereocenters. The fraction of sp³-hybridized carbons (Fsp3) is 0.0769. The summed E-state index contributed by atoms with van der Waals surface area (Å²) in [5, 5.41) is 0.689. The molecule has 0 nitrogen and oxygen atoms in total. The van der Waals surface area contributed by atoms with Crippen LogP contribution < -0.4 is 0 Å². The number of hydrogen-bond acceptors (Lipinski definition) is 0. The Morgan fingerprint density at radius 2 is 1.73 bits per heavy atom. The fourth-order valence-corrected chi connectivity index (χ4v) is 1.68. The molecule has 2 aromatic rings. The molecule has 76 valence electrons. The SMILES string of the molecule is Cc1cc(-c2cccc(Cl)c2)ccc1F. The second kappa shape index (κ2) is 4.03. The zero-order valence-corrected chi connectivity index (χ0v) is 9.05. The number of benzene rings is 2. The normalized spacial score (nSPS) is 10.3. The molecule has 2 aromatic carbocycles. The standard InChI is InChI=1S/C13H10ClF/c1-9-7-11(5-6-13(9)15)10-3-2-4-12(14)8-10/h2-8H,1H3. The van der Waals surface area contributed by atoms with Gasteiger partial charge in [0.25, 0.3) is 0 Å². The number of halogens is 2. The van der Waals surface area contributed by atoms with E-state index in [4.69, 9.17) is 11.6 Å². The lowest BCUT2D eigenvalue weighted by atomic mass is 10.0. The lowest BCUT2D eigenvalue weighted by Gasteiger charge is -2.04. The first-order chi connectivity index (χ1) is 7.16. The lowest BCUT2D eigenvalue weighted by Crippen LogP contribution is -1.84. The van der Waals surface area contributed by atoms with Crippen LogP contribution in [0.3, 0.4) is 0 Å². The van der Waals surface area contributed by atoms with Crippen molar-refractivity contribution >= 4 is 11.6 Å². The molecule has 0 saturated heterocycles.